The highest BCUT2D eigenvalue weighted by molar-refractivity contribution is 5.78. The highest BCUT2D eigenvalue weighted by atomic mass is 16.1. The van der Waals surface area contributed by atoms with Gasteiger partial charge in [0.25, 0.3) is 0 Å². The van der Waals surface area contributed by atoms with E-state index in [0.717, 1.165) is 65.9 Å². The average molecular weight is 508 g/mol. The molecule has 0 aliphatic rings. The van der Waals surface area contributed by atoms with Crippen LogP contribution in [0.3, 0.4) is 0 Å². The number of nitrogens with one attached hydrogen (secondary N) is 1. The van der Waals surface area contributed by atoms with Crippen molar-refractivity contribution in [1.29, 1.82) is 0 Å². The first-order chi connectivity index (χ1) is 18.6. The summed E-state index contributed by atoms with van der Waals surface area (Å²) in [6.45, 7) is 6.94. The highest BCUT2D eigenvalue weighted by Gasteiger charge is 2.18. The number of aryl methyl sites for hydroxylation is 3. The minimum Gasteiger partial charge on any atom is -0.292 e. The number of rotatable bonds is 10. The number of pyridine rings is 1. The van der Waals surface area contributed by atoms with Crippen molar-refractivity contribution in [2.75, 3.05) is 0 Å². The summed E-state index contributed by atoms with van der Waals surface area (Å²) < 4.78 is 3.77. The predicted octanol–water partition coefficient (Wildman–Crippen LogP) is 5.40. The lowest BCUT2D eigenvalue weighted by Crippen LogP contribution is -2.26. The molecule has 0 fully saturated rings. The summed E-state index contributed by atoms with van der Waals surface area (Å²) in [5.41, 5.74) is 8.12. The Balaban J connectivity index is 1.51. The number of tetrazole rings is 1. The van der Waals surface area contributed by atoms with Crippen molar-refractivity contribution in [1.82, 2.24) is 34.7 Å². The number of hydrogen-bond donors (Lipinski definition) is 1. The number of para-hydroxylation sites is 1. The van der Waals surface area contributed by atoms with Gasteiger partial charge >= 0.3 is 5.69 Å². The molecule has 5 aromatic rings. The fourth-order valence-corrected chi connectivity index (χ4v) is 5.07. The third kappa shape index (κ3) is 4.94. The number of benzene rings is 2. The Bertz CT molecular complexity index is 1560. The Kier molecular flexibility index (Phi) is 7.58. The van der Waals surface area contributed by atoms with Crippen molar-refractivity contribution in [3.05, 3.63) is 99.9 Å². The van der Waals surface area contributed by atoms with Gasteiger partial charge in [-0.15, -0.1) is 5.10 Å². The van der Waals surface area contributed by atoms with Crippen LogP contribution in [0.15, 0.2) is 71.8 Å². The van der Waals surface area contributed by atoms with Crippen LogP contribution in [0.25, 0.3) is 28.3 Å². The van der Waals surface area contributed by atoms with E-state index in [-0.39, 0.29) is 5.69 Å². The second-order valence-corrected chi connectivity index (χ2v) is 9.48. The largest absolute Gasteiger partial charge is 0.333 e. The third-order valence-electron chi connectivity index (χ3n) is 6.88. The molecule has 8 heteroatoms. The van der Waals surface area contributed by atoms with Crippen LogP contribution < -0.4 is 5.69 Å². The first kappa shape index (κ1) is 25.3. The van der Waals surface area contributed by atoms with Gasteiger partial charge in [-0.2, -0.15) is 0 Å². The molecule has 0 atom stereocenters. The van der Waals surface area contributed by atoms with E-state index in [1.54, 1.807) is 0 Å². The first-order valence-electron chi connectivity index (χ1n) is 13.3. The van der Waals surface area contributed by atoms with E-state index >= 15 is 0 Å². The van der Waals surface area contributed by atoms with Gasteiger partial charge < -0.3 is 0 Å². The van der Waals surface area contributed by atoms with E-state index in [2.05, 4.69) is 59.6 Å². The summed E-state index contributed by atoms with van der Waals surface area (Å²) >= 11 is 0. The van der Waals surface area contributed by atoms with Crippen molar-refractivity contribution >= 4 is 0 Å². The lowest BCUT2D eigenvalue weighted by Gasteiger charge is -2.14. The molecule has 5 rings (SSSR count). The average Bonchev–Trinajstić information content (AvgIpc) is 3.59. The predicted molar refractivity (Wildman–Crippen MR) is 149 cm³/mol. The number of aromatic amines is 1. The third-order valence-corrected chi connectivity index (χ3v) is 6.88. The summed E-state index contributed by atoms with van der Waals surface area (Å²) in [5.74, 6) is 0.596. The number of aromatic nitrogens is 7. The molecule has 0 saturated carbocycles. The van der Waals surface area contributed by atoms with Crippen molar-refractivity contribution in [3.63, 3.8) is 0 Å². The van der Waals surface area contributed by atoms with Crippen LogP contribution in [-0.4, -0.2) is 34.7 Å². The Morgan fingerprint density at radius 2 is 1.66 bits per heavy atom. The summed E-state index contributed by atoms with van der Waals surface area (Å²) in [5, 5.41) is 14.3. The van der Waals surface area contributed by atoms with Gasteiger partial charge in [-0.1, -0.05) is 82.1 Å². The molecule has 3 aromatic heterocycles. The molecule has 0 spiro atoms. The molecule has 0 unspecified atom stereocenters. The minimum atomic E-state index is -0.000977. The molecule has 0 aliphatic heterocycles. The minimum absolute atomic E-state index is 0.000977. The molecule has 8 nitrogen and oxygen atoms in total. The zero-order chi connectivity index (χ0) is 26.5. The molecule has 0 bridgehead atoms. The maximum atomic E-state index is 13.8. The fraction of sp³-hybridized carbons (Fsp3) is 0.300. The summed E-state index contributed by atoms with van der Waals surface area (Å²) in [6, 6.07) is 18.3. The number of H-pyrrole nitrogens is 1. The molecule has 38 heavy (non-hydrogen) atoms. The van der Waals surface area contributed by atoms with Crippen LogP contribution in [0.1, 0.15) is 56.0 Å². The Morgan fingerprint density at radius 3 is 2.34 bits per heavy atom. The van der Waals surface area contributed by atoms with E-state index in [1.165, 1.54) is 11.1 Å². The second-order valence-electron chi connectivity index (χ2n) is 9.48. The van der Waals surface area contributed by atoms with Gasteiger partial charge in [0.1, 0.15) is 0 Å². The summed E-state index contributed by atoms with van der Waals surface area (Å²) in [4.78, 5) is 18.6. The van der Waals surface area contributed by atoms with Crippen LogP contribution >= 0.6 is 0 Å². The van der Waals surface area contributed by atoms with E-state index in [9.17, 15) is 4.79 Å². The Morgan fingerprint density at radius 1 is 0.868 bits per heavy atom. The van der Waals surface area contributed by atoms with E-state index in [4.69, 9.17) is 4.98 Å². The van der Waals surface area contributed by atoms with Crippen LogP contribution in [-0.2, 0) is 25.8 Å². The van der Waals surface area contributed by atoms with Gasteiger partial charge in [0.2, 0.25) is 0 Å². The Labute approximate surface area is 222 Å². The number of imidazole rings is 1. The molecule has 3 heterocycles. The van der Waals surface area contributed by atoms with Gasteiger partial charge in [-0.25, -0.2) is 9.89 Å². The molecular formula is C30H33N7O. The molecule has 2 aromatic carbocycles. The van der Waals surface area contributed by atoms with E-state index in [0.29, 0.717) is 12.4 Å². The van der Waals surface area contributed by atoms with Crippen molar-refractivity contribution in [3.8, 4) is 28.3 Å². The molecule has 194 valence electrons. The monoisotopic (exact) mass is 507 g/mol. The second kappa shape index (κ2) is 11.4. The molecule has 0 saturated heterocycles. The van der Waals surface area contributed by atoms with Crippen LogP contribution in [0.4, 0.5) is 0 Å². The SMILES string of the molecule is CCCc1cccc(CC)c1-n1cc(CCC)n(Cc2ccc(-c3ccccc3-c3nnn[nH]3)nc2)c1=O. The molecule has 0 radical (unpaired) electrons. The van der Waals surface area contributed by atoms with Crippen molar-refractivity contribution in [2.45, 2.75) is 59.4 Å². The Hall–Kier alpha value is -4.33. The zero-order valence-electron chi connectivity index (χ0n) is 22.2. The summed E-state index contributed by atoms with van der Waals surface area (Å²) in [6.07, 6.45) is 8.56. The maximum absolute atomic E-state index is 13.8. The van der Waals surface area contributed by atoms with E-state index in [1.807, 2.05) is 57.9 Å². The number of nitrogens with zero attached hydrogens (tertiary/aromatic N) is 6. The topological polar surface area (TPSA) is 94.3 Å². The molecular weight excluding hydrogens is 474 g/mol. The maximum Gasteiger partial charge on any atom is 0.333 e. The van der Waals surface area contributed by atoms with Gasteiger partial charge in [-0.05, 0) is 52.4 Å². The van der Waals surface area contributed by atoms with Gasteiger partial charge in [0.15, 0.2) is 5.82 Å². The molecule has 0 amide bonds. The molecule has 1 N–H and O–H groups in total. The standard InChI is InChI=1S/C30H33N7O/c1-4-10-23-13-9-12-22(6-3)28(23)37-20-24(11-5-2)36(30(37)38)19-21-16-17-27(31-18-21)25-14-7-8-15-26(25)29-32-34-35-33-29/h7-9,12-18,20H,4-6,10-11,19H2,1-3H3,(H,32,33,34,35). The van der Waals surface area contributed by atoms with Crippen LogP contribution in [0, 0.1) is 0 Å². The van der Waals surface area contributed by atoms with E-state index < -0.39 is 0 Å². The lowest BCUT2D eigenvalue weighted by atomic mass is 10.0. The quantitative estimate of drug-likeness (QED) is 0.273. The van der Waals surface area contributed by atoms with Gasteiger partial charge in [0, 0.05) is 29.2 Å². The molecule has 0 aliphatic carbocycles. The lowest BCUT2D eigenvalue weighted by molar-refractivity contribution is 0.688. The fourth-order valence-electron chi connectivity index (χ4n) is 5.07. The van der Waals surface area contributed by atoms with Crippen molar-refractivity contribution < 1.29 is 0 Å². The van der Waals surface area contributed by atoms with Gasteiger partial charge in [0.05, 0.1) is 17.9 Å². The van der Waals surface area contributed by atoms with Gasteiger partial charge in [-0.3, -0.25) is 14.1 Å². The normalized spacial score (nSPS) is 11.2. The highest BCUT2D eigenvalue weighted by Crippen LogP contribution is 2.28. The smallest absolute Gasteiger partial charge is 0.292 e. The van der Waals surface area contributed by atoms with Crippen molar-refractivity contribution in [2.24, 2.45) is 0 Å². The number of hydrogen-bond acceptors (Lipinski definition) is 5. The zero-order valence-corrected chi connectivity index (χ0v) is 22.2. The van der Waals surface area contributed by atoms with Crippen LogP contribution in [0.2, 0.25) is 0 Å². The first-order valence-corrected chi connectivity index (χ1v) is 13.3. The van der Waals surface area contributed by atoms with Crippen LogP contribution in [0.5, 0.6) is 0 Å². The summed E-state index contributed by atoms with van der Waals surface area (Å²) in [7, 11) is 0.